The van der Waals surface area contributed by atoms with Crippen molar-refractivity contribution in [3.63, 3.8) is 0 Å². The van der Waals surface area contributed by atoms with Gasteiger partial charge < -0.3 is 9.16 Å². The second-order valence-electron chi connectivity index (χ2n) is 15.3. The number of esters is 1. The minimum atomic E-state index is -2.92. The van der Waals surface area contributed by atoms with E-state index in [-0.39, 0.29) is 21.7 Å². The number of nitrogens with zero attached hydrogens (tertiary/aromatic N) is 1. The largest absolute Gasteiger partial charge is 0.463 e. The Morgan fingerprint density at radius 2 is 1.11 bits per heavy atom. The van der Waals surface area contributed by atoms with Crippen LogP contribution in [0.1, 0.15) is 74.8 Å². The Morgan fingerprint density at radius 1 is 0.757 bits per heavy atom. The maximum atomic E-state index is 14.0. The zero-order valence-corrected chi connectivity index (χ0v) is 30.8. The van der Waals surface area contributed by atoms with E-state index < -0.39 is 41.2 Å². The molecular weight excluding hydrogens is 523 g/mol. The van der Waals surface area contributed by atoms with Gasteiger partial charge in [0.05, 0.1) is 29.4 Å². The summed E-state index contributed by atoms with van der Waals surface area (Å²) in [6.07, 6.45) is 0. The van der Waals surface area contributed by atoms with E-state index in [0.29, 0.717) is 5.56 Å². The topological polar surface area (TPSA) is 59.3 Å². The maximum Gasteiger partial charge on any atom is 0.357 e. The molecule has 8 heteroatoms. The molecule has 1 aromatic rings. The molecule has 0 amide bonds. The molecule has 210 valence electrons. The van der Waals surface area contributed by atoms with Gasteiger partial charge in [0.1, 0.15) is 6.07 Å². The van der Waals surface area contributed by atoms with Crippen LogP contribution in [0.4, 0.5) is 0 Å². The lowest BCUT2D eigenvalue weighted by atomic mass is 9.96. The van der Waals surface area contributed by atoms with Crippen LogP contribution < -0.4 is 0 Å². The molecule has 0 fully saturated rings. The fourth-order valence-electron chi connectivity index (χ4n) is 5.80. The quantitative estimate of drug-likeness (QED) is 0.229. The minimum absolute atomic E-state index is 0.0107. The summed E-state index contributed by atoms with van der Waals surface area (Å²) in [7, 11) is -6.96. The highest BCUT2D eigenvalue weighted by Gasteiger charge is 2.77. The Balaban J connectivity index is 4.56. The molecule has 1 unspecified atom stereocenters. The molecular formula is C29H55NO3Si4. The first-order chi connectivity index (χ1) is 16.4. The van der Waals surface area contributed by atoms with Gasteiger partial charge in [-0.25, -0.2) is 4.79 Å². The van der Waals surface area contributed by atoms with Gasteiger partial charge in [0.2, 0.25) is 0 Å². The zero-order valence-electron chi connectivity index (χ0n) is 26.8. The van der Waals surface area contributed by atoms with Crippen molar-refractivity contribution >= 4 is 35.6 Å². The van der Waals surface area contributed by atoms with Gasteiger partial charge in [-0.15, -0.1) is 0 Å². The second kappa shape index (κ2) is 10.5. The summed E-state index contributed by atoms with van der Waals surface area (Å²) >= 11 is 0. The van der Waals surface area contributed by atoms with E-state index in [1.54, 1.807) is 6.92 Å². The lowest BCUT2D eigenvalue weighted by Gasteiger charge is -2.68. The van der Waals surface area contributed by atoms with Crippen molar-refractivity contribution in [2.75, 3.05) is 6.61 Å². The molecule has 37 heavy (non-hydrogen) atoms. The van der Waals surface area contributed by atoms with Crippen LogP contribution in [0.3, 0.4) is 0 Å². The minimum Gasteiger partial charge on any atom is -0.463 e. The molecule has 1 rings (SSSR count). The van der Waals surface area contributed by atoms with Crippen molar-refractivity contribution in [3.8, 4) is 6.07 Å². The molecule has 1 atom stereocenters. The first-order valence-electron chi connectivity index (χ1n) is 13.7. The van der Waals surface area contributed by atoms with Crippen LogP contribution in [0, 0.1) is 11.3 Å². The van der Waals surface area contributed by atoms with Gasteiger partial charge in [-0.05, 0) is 22.0 Å². The molecule has 0 heterocycles. The van der Waals surface area contributed by atoms with Crippen LogP contribution in [0.2, 0.25) is 54.4 Å². The Labute approximate surface area is 232 Å². The summed E-state index contributed by atoms with van der Waals surface area (Å²) in [5.74, 6) is -0.572. The van der Waals surface area contributed by atoms with Gasteiger partial charge in [-0.1, -0.05) is 132 Å². The van der Waals surface area contributed by atoms with Crippen molar-refractivity contribution < 1.29 is 14.0 Å². The van der Waals surface area contributed by atoms with Crippen LogP contribution in [0.15, 0.2) is 30.3 Å². The van der Waals surface area contributed by atoms with Gasteiger partial charge in [-0.3, -0.25) is 0 Å². The van der Waals surface area contributed by atoms with Crippen LogP contribution in [-0.4, -0.2) is 42.2 Å². The van der Waals surface area contributed by atoms with Crippen LogP contribution in [0.25, 0.3) is 0 Å². The Hall–Kier alpha value is -0.992. The molecule has 4 nitrogen and oxygen atoms in total. The lowest BCUT2D eigenvalue weighted by Crippen LogP contribution is -2.92. The van der Waals surface area contributed by atoms with Crippen LogP contribution in [0.5, 0.6) is 0 Å². The second-order valence-corrected chi connectivity index (χ2v) is 53.2. The molecule has 0 N–H and O–H groups in total. The van der Waals surface area contributed by atoms with Crippen molar-refractivity contribution in [3.05, 3.63) is 35.9 Å². The predicted octanol–water partition coefficient (Wildman–Crippen LogP) is 8.69. The SMILES string of the molecule is CCOC(=O)C(C#N)(O[Si]([Si](C)(C)C(C)(C)C)([Si](C)(C)C(C)(C)C)[Si](C)(C)C(C)(C)C)c1ccccc1. The smallest absolute Gasteiger partial charge is 0.357 e. The first kappa shape index (κ1) is 34.0. The first-order valence-corrected chi connectivity index (χ1v) is 27.6. The van der Waals surface area contributed by atoms with Gasteiger partial charge in [0.15, 0.2) is 6.87 Å². The fourth-order valence-corrected chi connectivity index (χ4v) is 105. The molecule has 0 saturated carbocycles. The molecule has 0 spiro atoms. The summed E-state index contributed by atoms with van der Waals surface area (Å²) in [5, 5.41) is 11.0. The summed E-state index contributed by atoms with van der Waals surface area (Å²) in [6, 6.07) is 11.9. The summed E-state index contributed by atoms with van der Waals surface area (Å²) < 4.78 is 13.5. The number of rotatable bonds is 8. The lowest BCUT2D eigenvalue weighted by molar-refractivity contribution is -0.158. The van der Waals surface area contributed by atoms with Crippen molar-refractivity contribution in [1.82, 2.24) is 0 Å². The molecule has 1 aromatic carbocycles. The van der Waals surface area contributed by atoms with Gasteiger partial charge >= 0.3 is 5.97 Å². The number of ether oxygens (including phenoxy) is 1. The molecule has 0 radical (unpaired) electrons. The van der Waals surface area contributed by atoms with Gasteiger partial charge in [-0.2, -0.15) is 5.26 Å². The Kier molecular flexibility index (Phi) is 9.69. The van der Waals surface area contributed by atoms with E-state index in [1.807, 2.05) is 30.3 Å². The van der Waals surface area contributed by atoms with E-state index in [9.17, 15) is 10.1 Å². The number of carbonyl (C=O) groups excluding carboxylic acids is 1. The van der Waals surface area contributed by atoms with E-state index in [2.05, 4.69) is 108 Å². The Morgan fingerprint density at radius 3 is 1.38 bits per heavy atom. The highest BCUT2D eigenvalue weighted by atomic mass is 29.9. The standard InChI is InChI=1S/C29H55NO3Si4/c1-17-32-25(31)29(23-30,24-21-19-18-20-22-24)33-37(34(11,12)26(2,3)4,35(13,14)27(5,6)7)36(15,16)28(8,9)10/h18-22H,17H2,1-16H3. The van der Waals surface area contributed by atoms with Crippen molar-refractivity contribution in [1.29, 1.82) is 5.26 Å². The molecule has 0 aliphatic carbocycles. The summed E-state index contributed by atoms with van der Waals surface area (Å²) in [5.41, 5.74) is -1.20. The van der Waals surface area contributed by atoms with E-state index >= 15 is 0 Å². The van der Waals surface area contributed by atoms with Crippen molar-refractivity contribution in [2.45, 2.75) is 129 Å². The zero-order chi connectivity index (χ0) is 29.5. The van der Waals surface area contributed by atoms with Crippen LogP contribution >= 0.6 is 0 Å². The highest BCUT2D eigenvalue weighted by Crippen LogP contribution is 2.60. The number of carbonyl (C=O) groups is 1. The monoisotopic (exact) mass is 577 g/mol. The average molecular weight is 578 g/mol. The maximum absolute atomic E-state index is 14.0. The Bertz CT molecular complexity index is 929. The van der Waals surface area contributed by atoms with E-state index in [1.165, 1.54) is 0 Å². The normalized spacial score (nSPS) is 16.1. The molecule has 0 aromatic heterocycles. The third kappa shape index (κ3) is 5.28. The molecule has 0 aliphatic heterocycles. The highest BCUT2D eigenvalue weighted by molar-refractivity contribution is 7.88. The van der Waals surface area contributed by atoms with Crippen LogP contribution in [-0.2, 0) is 19.6 Å². The molecule has 0 saturated heterocycles. The summed E-state index contributed by atoms with van der Waals surface area (Å²) in [6.45, 7) is 35.5. The number of benzene rings is 1. The number of hydrogen-bond donors (Lipinski definition) is 0. The van der Waals surface area contributed by atoms with Gasteiger partial charge in [0, 0.05) is 5.56 Å². The van der Waals surface area contributed by atoms with Gasteiger partial charge in [0.25, 0.3) is 5.60 Å². The average Bonchev–Trinajstić information content (AvgIpc) is 2.72. The predicted molar refractivity (Wildman–Crippen MR) is 169 cm³/mol. The number of hydrogen-bond acceptors (Lipinski definition) is 4. The third-order valence-corrected chi connectivity index (χ3v) is 84.9. The van der Waals surface area contributed by atoms with E-state index in [0.717, 1.165) is 0 Å². The third-order valence-electron chi connectivity index (χ3n) is 10.5. The summed E-state index contributed by atoms with van der Waals surface area (Å²) in [4.78, 5) is 14.0. The molecule has 0 bridgehead atoms. The van der Waals surface area contributed by atoms with E-state index in [4.69, 9.17) is 9.16 Å². The molecule has 0 aliphatic rings. The van der Waals surface area contributed by atoms with Crippen molar-refractivity contribution in [2.24, 2.45) is 0 Å². The fraction of sp³-hybridized carbons (Fsp3) is 0.724. The number of nitriles is 1.